The monoisotopic (exact) mass is 322 g/mol. The van der Waals surface area contributed by atoms with Crippen LogP contribution >= 0.6 is 11.6 Å². The van der Waals surface area contributed by atoms with Crippen LogP contribution in [0.1, 0.15) is 23.7 Å². The van der Waals surface area contributed by atoms with E-state index in [1.54, 1.807) is 12.1 Å². The first-order valence-corrected chi connectivity index (χ1v) is 7.41. The van der Waals surface area contributed by atoms with Crippen molar-refractivity contribution in [1.82, 2.24) is 9.88 Å². The van der Waals surface area contributed by atoms with Crippen molar-refractivity contribution in [3.63, 3.8) is 0 Å². The van der Waals surface area contributed by atoms with Gasteiger partial charge in [-0.3, -0.25) is 4.79 Å². The van der Waals surface area contributed by atoms with Gasteiger partial charge in [0.2, 0.25) is 0 Å². The molecular formula is C16H19ClN2O3. The lowest BCUT2D eigenvalue weighted by Gasteiger charge is -2.17. The number of hydrogen-bond acceptors (Lipinski definition) is 3. The predicted molar refractivity (Wildman–Crippen MR) is 86.0 cm³/mol. The van der Waals surface area contributed by atoms with Gasteiger partial charge in [0.05, 0.1) is 36.0 Å². The Morgan fingerprint density at radius 1 is 1.41 bits per heavy atom. The summed E-state index contributed by atoms with van der Waals surface area (Å²) in [5, 5.41) is 12.4. The summed E-state index contributed by atoms with van der Waals surface area (Å²) in [6.07, 6.45) is 4.36. The van der Waals surface area contributed by atoms with Crippen molar-refractivity contribution >= 4 is 17.5 Å². The van der Waals surface area contributed by atoms with Crippen LogP contribution in [0.15, 0.2) is 36.7 Å². The molecule has 1 heterocycles. The molecule has 118 valence electrons. The number of nitrogens with zero attached hydrogens (tertiary/aromatic N) is 1. The highest BCUT2D eigenvalue weighted by molar-refractivity contribution is 6.33. The van der Waals surface area contributed by atoms with Crippen LogP contribution in [-0.2, 0) is 0 Å². The molecule has 22 heavy (non-hydrogen) atoms. The molecule has 1 aromatic heterocycles. The van der Waals surface area contributed by atoms with Gasteiger partial charge in [0.1, 0.15) is 5.75 Å². The lowest BCUT2D eigenvalue weighted by atomic mass is 10.1. The minimum Gasteiger partial charge on any atom is -0.496 e. The number of rotatable bonds is 6. The summed E-state index contributed by atoms with van der Waals surface area (Å²) in [5.41, 5.74) is 1.07. The number of aromatic nitrogens is 1. The third-order valence-electron chi connectivity index (χ3n) is 3.44. The van der Waals surface area contributed by atoms with Gasteiger partial charge in [0.15, 0.2) is 0 Å². The summed E-state index contributed by atoms with van der Waals surface area (Å²) >= 11 is 6.29. The van der Waals surface area contributed by atoms with Gasteiger partial charge < -0.3 is 19.7 Å². The molecule has 5 nitrogen and oxygen atoms in total. The summed E-state index contributed by atoms with van der Waals surface area (Å²) in [7, 11) is 1.50. The Kier molecular flexibility index (Phi) is 5.46. The van der Waals surface area contributed by atoms with Crippen LogP contribution in [0.4, 0.5) is 0 Å². The van der Waals surface area contributed by atoms with Crippen LogP contribution in [0.2, 0.25) is 5.02 Å². The molecule has 0 saturated heterocycles. The minimum atomic E-state index is -0.321. The number of amides is 1. The van der Waals surface area contributed by atoms with Gasteiger partial charge in [-0.05, 0) is 24.6 Å². The van der Waals surface area contributed by atoms with Gasteiger partial charge in [-0.15, -0.1) is 0 Å². The van der Waals surface area contributed by atoms with Gasteiger partial charge in [-0.1, -0.05) is 18.5 Å². The number of ether oxygens (including phenoxy) is 1. The topological polar surface area (TPSA) is 63.5 Å². The normalized spacial score (nSPS) is 12.0. The molecule has 1 aromatic carbocycles. The predicted octanol–water partition coefficient (Wildman–Crippen LogP) is 2.64. The first kappa shape index (κ1) is 16.4. The van der Waals surface area contributed by atoms with Crippen LogP contribution in [0.3, 0.4) is 0 Å². The molecule has 2 rings (SSSR count). The van der Waals surface area contributed by atoms with E-state index in [2.05, 4.69) is 5.32 Å². The van der Waals surface area contributed by atoms with Crippen molar-refractivity contribution in [3.8, 4) is 11.4 Å². The number of aliphatic hydroxyl groups excluding tert-OH is 1. The summed E-state index contributed by atoms with van der Waals surface area (Å²) < 4.78 is 7.16. The first-order valence-electron chi connectivity index (χ1n) is 7.03. The summed E-state index contributed by atoms with van der Waals surface area (Å²) in [6, 6.07) is 6.78. The van der Waals surface area contributed by atoms with Crippen molar-refractivity contribution in [1.29, 1.82) is 0 Å². The summed E-state index contributed by atoms with van der Waals surface area (Å²) in [5.74, 6) is 0.108. The molecule has 1 unspecified atom stereocenters. The second-order valence-corrected chi connectivity index (χ2v) is 5.26. The van der Waals surface area contributed by atoms with Gasteiger partial charge >= 0.3 is 0 Å². The van der Waals surface area contributed by atoms with E-state index in [9.17, 15) is 9.90 Å². The maximum absolute atomic E-state index is 12.3. The Labute approximate surface area is 134 Å². The van der Waals surface area contributed by atoms with Crippen LogP contribution in [-0.4, -0.2) is 35.3 Å². The lowest BCUT2D eigenvalue weighted by molar-refractivity contribution is 0.0912. The Bertz CT molecular complexity index is 637. The number of benzene rings is 1. The van der Waals surface area contributed by atoms with E-state index in [0.29, 0.717) is 22.8 Å². The lowest BCUT2D eigenvalue weighted by Crippen LogP contribution is -2.37. The van der Waals surface area contributed by atoms with Crippen molar-refractivity contribution in [3.05, 3.63) is 47.2 Å². The maximum Gasteiger partial charge on any atom is 0.255 e. The average molecular weight is 323 g/mol. The SMILES string of the molecule is CCC(CO)NC(=O)c1cc(Cl)c(-n2cccc2)cc1OC. The third-order valence-corrected chi connectivity index (χ3v) is 3.75. The van der Waals surface area contributed by atoms with Gasteiger partial charge in [0, 0.05) is 18.5 Å². The van der Waals surface area contributed by atoms with Crippen LogP contribution in [0, 0.1) is 0 Å². The molecule has 0 radical (unpaired) electrons. The molecule has 0 fully saturated rings. The van der Waals surface area contributed by atoms with E-state index in [1.165, 1.54) is 7.11 Å². The molecule has 1 amide bonds. The van der Waals surface area contributed by atoms with E-state index in [1.807, 2.05) is 36.0 Å². The second kappa shape index (κ2) is 7.33. The molecule has 0 aliphatic carbocycles. The van der Waals surface area contributed by atoms with Crippen LogP contribution < -0.4 is 10.1 Å². The zero-order chi connectivity index (χ0) is 16.1. The molecule has 0 aliphatic heterocycles. The number of hydrogen-bond donors (Lipinski definition) is 2. The maximum atomic E-state index is 12.3. The van der Waals surface area contributed by atoms with Crippen LogP contribution in [0.25, 0.3) is 5.69 Å². The van der Waals surface area contributed by atoms with E-state index >= 15 is 0 Å². The van der Waals surface area contributed by atoms with Crippen molar-refractivity contribution < 1.29 is 14.6 Å². The standard InChI is InChI=1S/C16H19ClN2O3/c1-3-11(10-20)18-16(21)12-8-13(17)14(9-15(12)22-2)19-6-4-5-7-19/h4-9,11,20H,3,10H2,1-2H3,(H,18,21). The number of halogens is 1. The fraction of sp³-hybridized carbons (Fsp3) is 0.312. The largest absolute Gasteiger partial charge is 0.496 e. The average Bonchev–Trinajstić information content (AvgIpc) is 3.06. The Morgan fingerprint density at radius 3 is 2.64 bits per heavy atom. The molecule has 0 spiro atoms. The third kappa shape index (κ3) is 3.43. The van der Waals surface area contributed by atoms with Crippen molar-refractivity contribution in [2.75, 3.05) is 13.7 Å². The zero-order valence-corrected chi connectivity index (χ0v) is 13.3. The molecule has 0 bridgehead atoms. The van der Waals surface area contributed by atoms with Gasteiger partial charge in [0.25, 0.3) is 5.91 Å². The Balaban J connectivity index is 2.36. The second-order valence-electron chi connectivity index (χ2n) is 4.86. The van der Waals surface area contributed by atoms with Crippen molar-refractivity contribution in [2.24, 2.45) is 0 Å². The first-order chi connectivity index (χ1) is 10.6. The number of aliphatic hydroxyl groups is 1. The summed E-state index contributed by atoms with van der Waals surface area (Å²) in [6.45, 7) is 1.78. The molecule has 0 saturated carbocycles. The van der Waals surface area contributed by atoms with Gasteiger partial charge in [-0.25, -0.2) is 0 Å². The molecule has 2 aromatic rings. The minimum absolute atomic E-state index is 0.111. The fourth-order valence-corrected chi connectivity index (χ4v) is 2.38. The molecule has 2 N–H and O–H groups in total. The molecule has 6 heteroatoms. The zero-order valence-electron chi connectivity index (χ0n) is 12.5. The smallest absolute Gasteiger partial charge is 0.255 e. The van der Waals surface area contributed by atoms with Crippen LogP contribution in [0.5, 0.6) is 5.75 Å². The number of nitrogens with one attached hydrogen (secondary N) is 1. The van der Waals surface area contributed by atoms with E-state index in [0.717, 1.165) is 5.69 Å². The Morgan fingerprint density at radius 2 is 2.09 bits per heavy atom. The number of carbonyl (C=O) groups excluding carboxylic acids is 1. The molecule has 0 aliphatic rings. The highest BCUT2D eigenvalue weighted by Crippen LogP contribution is 2.30. The highest BCUT2D eigenvalue weighted by Gasteiger charge is 2.18. The van der Waals surface area contributed by atoms with Crippen molar-refractivity contribution in [2.45, 2.75) is 19.4 Å². The molecule has 1 atom stereocenters. The summed E-state index contributed by atoms with van der Waals surface area (Å²) in [4.78, 5) is 12.3. The van der Waals surface area contributed by atoms with E-state index in [4.69, 9.17) is 16.3 Å². The number of methoxy groups -OCH3 is 1. The van der Waals surface area contributed by atoms with E-state index < -0.39 is 0 Å². The quantitative estimate of drug-likeness (QED) is 0.859. The molecular weight excluding hydrogens is 304 g/mol. The Hall–Kier alpha value is -1.98. The van der Waals surface area contributed by atoms with Gasteiger partial charge in [-0.2, -0.15) is 0 Å². The number of carbonyl (C=O) groups is 1. The highest BCUT2D eigenvalue weighted by atomic mass is 35.5. The van der Waals surface area contributed by atoms with E-state index in [-0.39, 0.29) is 18.6 Å². The fourth-order valence-electron chi connectivity index (χ4n) is 2.12.